The molecule has 0 bridgehead atoms. The summed E-state index contributed by atoms with van der Waals surface area (Å²) in [4.78, 5) is 13.5. The van der Waals surface area contributed by atoms with Gasteiger partial charge in [-0.05, 0) is 38.3 Å². The van der Waals surface area contributed by atoms with Crippen molar-refractivity contribution in [2.75, 3.05) is 29.4 Å². The van der Waals surface area contributed by atoms with E-state index in [0.29, 0.717) is 0 Å². The molecule has 0 spiro atoms. The summed E-state index contributed by atoms with van der Waals surface area (Å²) in [6.07, 6.45) is 4.20. The van der Waals surface area contributed by atoms with E-state index in [9.17, 15) is 0 Å². The molecule has 1 aromatic carbocycles. The van der Waals surface area contributed by atoms with Crippen LogP contribution in [0.25, 0.3) is 0 Å². The monoisotopic (exact) mass is 282 g/mol. The molecule has 0 radical (unpaired) electrons. The second-order valence-electron chi connectivity index (χ2n) is 5.46. The standard InChI is InChI=1S/C17H22N4/c1-3-21(15-9-5-4-8-14(15)2)17-12-16(18-13-19-17)20-10-6-7-11-20/h4-5,8-9,12-13H,3,6-7,10-11H2,1-2H3. The van der Waals surface area contributed by atoms with Crippen LogP contribution in [0.1, 0.15) is 25.3 Å². The van der Waals surface area contributed by atoms with Crippen LogP contribution in [0.4, 0.5) is 17.3 Å². The molecule has 110 valence electrons. The molecule has 2 heterocycles. The molecule has 1 fully saturated rings. The second kappa shape index (κ2) is 6.12. The molecule has 1 aliphatic heterocycles. The van der Waals surface area contributed by atoms with Crippen LogP contribution in [0.15, 0.2) is 36.7 Å². The highest BCUT2D eigenvalue weighted by Crippen LogP contribution is 2.28. The SMILES string of the molecule is CCN(c1cc(N2CCCC2)ncn1)c1ccccc1C. The largest absolute Gasteiger partial charge is 0.356 e. The number of aromatic nitrogens is 2. The van der Waals surface area contributed by atoms with Crippen molar-refractivity contribution >= 4 is 17.3 Å². The van der Waals surface area contributed by atoms with Crippen LogP contribution in [0.5, 0.6) is 0 Å². The number of para-hydroxylation sites is 1. The minimum absolute atomic E-state index is 0.890. The van der Waals surface area contributed by atoms with Crippen LogP contribution < -0.4 is 9.80 Å². The number of anilines is 3. The first-order valence-electron chi connectivity index (χ1n) is 7.69. The van der Waals surface area contributed by atoms with Crippen molar-refractivity contribution in [3.63, 3.8) is 0 Å². The Morgan fingerprint density at radius 1 is 1.14 bits per heavy atom. The van der Waals surface area contributed by atoms with Gasteiger partial charge >= 0.3 is 0 Å². The first-order valence-corrected chi connectivity index (χ1v) is 7.69. The van der Waals surface area contributed by atoms with Crippen molar-refractivity contribution in [3.8, 4) is 0 Å². The lowest BCUT2D eigenvalue weighted by Crippen LogP contribution is -2.22. The van der Waals surface area contributed by atoms with Crippen LogP contribution in [-0.2, 0) is 0 Å². The third-order valence-electron chi connectivity index (χ3n) is 4.07. The Kier molecular flexibility index (Phi) is 4.04. The van der Waals surface area contributed by atoms with Gasteiger partial charge in [-0.1, -0.05) is 18.2 Å². The van der Waals surface area contributed by atoms with E-state index >= 15 is 0 Å². The fourth-order valence-corrected chi connectivity index (χ4v) is 2.93. The summed E-state index contributed by atoms with van der Waals surface area (Å²) in [6, 6.07) is 10.5. The van der Waals surface area contributed by atoms with E-state index in [2.05, 4.69) is 63.9 Å². The van der Waals surface area contributed by atoms with Crippen LogP contribution in [0.3, 0.4) is 0 Å². The molecular formula is C17H22N4. The van der Waals surface area contributed by atoms with Gasteiger partial charge in [-0.25, -0.2) is 9.97 Å². The molecule has 1 aromatic heterocycles. The van der Waals surface area contributed by atoms with Gasteiger partial charge in [0.05, 0.1) is 0 Å². The molecule has 0 unspecified atom stereocenters. The van der Waals surface area contributed by atoms with Gasteiger partial charge in [0.25, 0.3) is 0 Å². The first-order chi connectivity index (χ1) is 10.3. The van der Waals surface area contributed by atoms with Gasteiger partial charge in [0.15, 0.2) is 0 Å². The second-order valence-corrected chi connectivity index (χ2v) is 5.46. The van der Waals surface area contributed by atoms with E-state index in [1.807, 2.05) is 0 Å². The Bertz CT molecular complexity index is 605. The molecule has 3 rings (SSSR count). The van der Waals surface area contributed by atoms with Crippen molar-refractivity contribution in [1.29, 1.82) is 0 Å². The zero-order valence-electron chi connectivity index (χ0n) is 12.8. The molecule has 4 heteroatoms. The third kappa shape index (κ3) is 2.84. The highest BCUT2D eigenvalue weighted by molar-refractivity contribution is 5.65. The van der Waals surface area contributed by atoms with E-state index in [1.165, 1.54) is 24.1 Å². The van der Waals surface area contributed by atoms with Gasteiger partial charge < -0.3 is 9.80 Å². The Balaban J connectivity index is 1.94. The highest BCUT2D eigenvalue weighted by atomic mass is 15.2. The molecule has 0 saturated carbocycles. The topological polar surface area (TPSA) is 32.3 Å². The zero-order valence-corrected chi connectivity index (χ0v) is 12.8. The van der Waals surface area contributed by atoms with Crippen LogP contribution in [0, 0.1) is 6.92 Å². The normalized spacial score (nSPS) is 14.5. The number of rotatable bonds is 4. The van der Waals surface area contributed by atoms with Gasteiger partial charge in [0.2, 0.25) is 0 Å². The molecule has 4 nitrogen and oxygen atoms in total. The van der Waals surface area contributed by atoms with E-state index in [-0.39, 0.29) is 0 Å². The molecule has 1 aliphatic rings. The average Bonchev–Trinajstić information content (AvgIpc) is 3.05. The predicted molar refractivity (Wildman–Crippen MR) is 87.3 cm³/mol. The summed E-state index contributed by atoms with van der Waals surface area (Å²) < 4.78 is 0. The maximum atomic E-state index is 4.49. The highest BCUT2D eigenvalue weighted by Gasteiger charge is 2.16. The molecule has 0 N–H and O–H groups in total. The molecule has 0 amide bonds. The van der Waals surface area contributed by atoms with Gasteiger partial charge in [0.1, 0.15) is 18.0 Å². The molecule has 0 atom stereocenters. The van der Waals surface area contributed by atoms with Crippen LogP contribution >= 0.6 is 0 Å². The lowest BCUT2D eigenvalue weighted by molar-refractivity contribution is 0.912. The van der Waals surface area contributed by atoms with E-state index in [0.717, 1.165) is 31.3 Å². The summed E-state index contributed by atoms with van der Waals surface area (Å²) in [5.74, 6) is 2.02. The average molecular weight is 282 g/mol. The van der Waals surface area contributed by atoms with Gasteiger partial charge in [-0.15, -0.1) is 0 Å². The van der Waals surface area contributed by atoms with Gasteiger partial charge in [-0.3, -0.25) is 0 Å². The number of hydrogen-bond acceptors (Lipinski definition) is 4. The lowest BCUT2D eigenvalue weighted by Gasteiger charge is -2.25. The van der Waals surface area contributed by atoms with E-state index < -0.39 is 0 Å². The number of nitrogens with zero attached hydrogens (tertiary/aromatic N) is 4. The minimum Gasteiger partial charge on any atom is -0.356 e. The summed E-state index contributed by atoms with van der Waals surface area (Å²) in [5.41, 5.74) is 2.48. The molecule has 0 aliphatic carbocycles. The summed E-state index contributed by atoms with van der Waals surface area (Å²) in [5, 5.41) is 0. The van der Waals surface area contributed by atoms with Crippen LogP contribution in [0.2, 0.25) is 0 Å². The first kappa shape index (κ1) is 13.9. The number of hydrogen-bond donors (Lipinski definition) is 0. The quantitative estimate of drug-likeness (QED) is 0.858. The Labute approximate surface area is 126 Å². The Hall–Kier alpha value is -2.10. The van der Waals surface area contributed by atoms with Crippen molar-refractivity contribution in [2.45, 2.75) is 26.7 Å². The predicted octanol–water partition coefficient (Wildman–Crippen LogP) is 3.54. The molecule has 2 aromatic rings. The summed E-state index contributed by atoms with van der Waals surface area (Å²) in [6.45, 7) is 7.39. The maximum Gasteiger partial charge on any atom is 0.138 e. The fourth-order valence-electron chi connectivity index (χ4n) is 2.93. The fraction of sp³-hybridized carbons (Fsp3) is 0.412. The Morgan fingerprint density at radius 2 is 1.90 bits per heavy atom. The van der Waals surface area contributed by atoms with Crippen molar-refractivity contribution < 1.29 is 0 Å². The smallest absolute Gasteiger partial charge is 0.138 e. The van der Waals surface area contributed by atoms with E-state index in [1.54, 1.807) is 6.33 Å². The van der Waals surface area contributed by atoms with E-state index in [4.69, 9.17) is 0 Å². The summed E-state index contributed by atoms with van der Waals surface area (Å²) in [7, 11) is 0. The van der Waals surface area contributed by atoms with Crippen molar-refractivity contribution in [3.05, 3.63) is 42.2 Å². The molecular weight excluding hydrogens is 260 g/mol. The number of aryl methyl sites for hydroxylation is 1. The van der Waals surface area contributed by atoms with Gasteiger partial charge in [0, 0.05) is 31.4 Å². The van der Waals surface area contributed by atoms with Crippen molar-refractivity contribution in [1.82, 2.24) is 9.97 Å². The Morgan fingerprint density at radius 3 is 2.62 bits per heavy atom. The lowest BCUT2D eigenvalue weighted by atomic mass is 10.2. The third-order valence-corrected chi connectivity index (χ3v) is 4.07. The summed E-state index contributed by atoms with van der Waals surface area (Å²) >= 11 is 0. The van der Waals surface area contributed by atoms with Crippen molar-refractivity contribution in [2.24, 2.45) is 0 Å². The molecule has 21 heavy (non-hydrogen) atoms. The zero-order chi connectivity index (χ0) is 14.7. The van der Waals surface area contributed by atoms with Gasteiger partial charge in [-0.2, -0.15) is 0 Å². The van der Waals surface area contributed by atoms with Crippen LogP contribution in [-0.4, -0.2) is 29.6 Å². The maximum absolute atomic E-state index is 4.49. The molecule has 1 saturated heterocycles. The minimum atomic E-state index is 0.890. The number of benzene rings is 1.